The lowest BCUT2D eigenvalue weighted by molar-refractivity contribution is -0.131. The van der Waals surface area contributed by atoms with Gasteiger partial charge in [-0.3, -0.25) is 14.4 Å². The van der Waals surface area contributed by atoms with E-state index in [0.717, 1.165) is 0 Å². The van der Waals surface area contributed by atoms with E-state index >= 15 is 0 Å². The maximum atomic E-state index is 11.8. The third-order valence-electron chi connectivity index (χ3n) is 2.92. The molecule has 0 aromatic heterocycles. The Hall–Kier alpha value is -1.72. The number of Topliss-reactive ketones (excluding diaryl/α,β-unsaturated/α-hetero) is 2. The number of hydrogen-bond acceptors (Lipinski definition) is 4. The van der Waals surface area contributed by atoms with Crippen molar-refractivity contribution in [1.82, 2.24) is 10.6 Å². The van der Waals surface area contributed by atoms with E-state index in [-0.39, 0.29) is 29.8 Å². The Morgan fingerprint density at radius 2 is 1.70 bits per heavy atom. The minimum Gasteiger partial charge on any atom is -0.356 e. The second kappa shape index (κ2) is 9.23. The molecule has 0 aromatic carbocycles. The second-order valence-corrected chi connectivity index (χ2v) is 4.97. The molecule has 0 unspecified atom stereocenters. The summed E-state index contributed by atoms with van der Waals surface area (Å²) in [5, 5.41) is 5.28. The average molecular weight is 284 g/mol. The Bertz CT molecular complexity index is 379. The summed E-state index contributed by atoms with van der Waals surface area (Å²) in [6.07, 6.45) is 0.884. The summed E-state index contributed by atoms with van der Waals surface area (Å²) < 4.78 is 0. The van der Waals surface area contributed by atoms with Crippen molar-refractivity contribution in [2.75, 3.05) is 6.54 Å². The molecular formula is C14H24N2O4. The lowest BCUT2D eigenvalue weighted by Crippen LogP contribution is -2.44. The van der Waals surface area contributed by atoms with E-state index in [1.54, 1.807) is 13.8 Å². The van der Waals surface area contributed by atoms with Crippen molar-refractivity contribution in [1.29, 1.82) is 0 Å². The van der Waals surface area contributed by atoms with Gasteiger partial charge in [0.05, 0.1) is 6.04 Å². The molecule has 0 aromatic rings. The van der Waals surface area contributed by atoms with Crippen LogP contribution < -0.4 is 10.6 Å². The molecule has 0 spiro atoms. The van der Waals surface area contributed by atoms with Crippen LogP contribution in [0, 0.1) is 5.92 Å². The highest BCUT2D eigenvalue weighted by Gasteiger charge is 2.21. The first-order valence-corrected chi connectivity index (χ1v) is 6.84. The highest BCUT2D eigenvalue weighted by Crippen LogP contribution is 2.04. The summed E-state index contributed by atoms with van der Waals surface area (Å²) in [7, 11) is 0. The third-order valence-corrected chi connectivity index (χ3v) is 2.92. The Morgan fingerprint density at radius 1 is 1.10 bits per heavy atom. The number of carbonyl (C=O) groups excluding carboxylic acids is 4. The van der Waals surface area contributed by atoms with Crippen molar-refractivity contribution in [2.24, 2.45) is 5.92 Å². The average Bonchev–Trinajstić information content (AvgIpc) is 2.35. The summed E-state index contributed by atoms with van der Waals surface area (Å²) in [6.45, 7) is 6.53. The quantitative estimate of drug-likeness (QED) is 0.648. The molecule has 0 aliphatic rings. The molecule has 0 radical (unpaired) electrons. The topological polar surface area (TPSA) is 92.3 Å². The standard InChI is InChI=1S/C14H24N2O4/c1-5-13(19)15-7-6-12(11(4)18)16-14(20)9(2)8-10(3)17/h9,12H,5-8H2,1-4H3,(H,15,19)(H,16,20)/t9-,12-/m0/s1. The Balaban J connectivity index is 4.33. The van der Waals surface area contributed by atoms with Crippen LogP contribution in [0.15, 0.2) is 0 Å². The van der Waals surface area contributed by atoms with E-state index in [1.807, 2.05) is 0 Å². The summed E-state index contributed by atoms with van der Waals surface area (Å²) in [5.74, 6) is -1.10. The fraction of sp³-hybridized carbons (Fsp3) is 0.714. The first kappa shape index (κ1) is 18.3. The van der Waals surface area contributed by atoms with E-state index < -0.39 is 12.0 Å². The van der Waals surface area contributed by atoms with E-state index in [1.165, 1.54) is 13.8 Å². The van der Waals surface area contributed by atoms with Gasteiger partial charge in [-0.1, -0.05) is 13.8 Å². The minimum absolute atomic E-state index is 0.0674. The maximum Gasteiger partial charge on any atom is 0.223 e. The summed E-state index contributed by atoms with van der Waals surface area (Å²) >= 11 is 0. The summed E-state index contributed by atoms with van der Waals surface area (Å²) in [4.78, 5) is 45.4. The number of ketones is 2. The molecule has 0 heterocycles. The largest absolute Gasteiger partial charge is 0.356 e. The van der Waals surface area contributed by atoms with Crippen LogP contribution in [0.25, 0.3) is 0 Å². The van der Waals surface area contributed by atoms with Crippen molar-refractivity contribution in [3.8, 4) is 0 Å². The van der Waals surface area contributed by atoms with Gasteiger partial charge in [0.15, 0.2) is 5.78 Å². The second-order valence-electron chi connectivity index (χ2n) is 4.97. The summed E-state index contributed by atoms with van der Waals surface area (Å²) in [6, 6.07) is -0.630. The molecule has 0 aliphatic carbocycles. The molecule has 114 valence electrons. The first-order chi connectivity index (χ1) is 9.27. The third kappa shape index (κ3) is 7.66. The number of carbonyl (C=O) groups is 4. The van der Waals surface area contributed by atoms with Crippen LogP contribution in [0.3, 0.4) is 0 Å². The molecule has 6 nitrogen and oxygen atoms in total. The van der Waals surface area contributed by atoms with E-state index in [4.69, 9.17) is 0 Å². The maximum absolute atomic E-state index is 11.8. The Labute approximate surface area is 119 Å². The molecule has 0 saturated heterocycles. The van der Waals surface area contributed by atoms with Crippen LogP contribution in [-0.4, -0.2) is 36.0 Å². The van der Waals surface area contributed by atoms with Crippen molar-refractivity contribution < 1.29 is 19.2 Å². The highest BCUT2D eigenvalue weighted by molar-refractivity contribution is 5.90. The lowest BCUT2D eigenvalue weighted by Gasteiger charge is -2.18. The molecule has 2 amide bonds. The van der Waals surface area contributed by atoms with Crippen molar-refractivity contribution >= 4 is 23.4 Å². The van der Waals surface area contributed by atoms with Crippen LogP contribution in [0.2, 0.25) is 0 Å². The van der Waals surface area contributed by atoms with Gasteiger partial charge in [-0.2, -0.15) is 0 Å². The molecule has 0 fully saturated rings. The van der Waals surface area contributed by atoms with Crippen LogP contribution in [0.4, 0.5) is 0 Å². The first-order valence-electron chi connectivity index (χ1n) is 6.84. The molecule has 0 aliphatic heterocycles. The normalized spacial score (nSPS) is 13.2. The molecular weight excluding hydrogens is 260 g/mol. The zero-order chi connectivity index (χ0) is 15.7. The summed E-state index contributed by atoms with van der Waals surface area (Å²) in [5.41, 5.74) is 0. The minimum atomic E-state index is -0.630. The number of rotatable bonds is 9. The van der Waals surface area contributed by atoms with Gasteiger partial charge in [0.1, 0.15) is 5.78 Å². The fourth-order valence-electron chi connectivity index (χ4n) is 1.70. The van der Waals surface area contributed by atoms with Gasteiger partial charge in [-0.25, -0.2) is 0 Å². The van der Waals surface area contributed by atoms with E-state index in [0.29, 0.717) is 19.4 Å². The van der Waals surface area contributed by atoms with Gasteiger partial charge in [0, 0.05) is 25.3 Å². The zero-order valence-corrected chi connectivity index (χ0v) is 12.6. The van der Waals surface area contributed by atoms with Gasteiger partial charge in [0.2, 0.25) is 11.8 Å². The Kier molecular flexibility index (Phi) is 8.43. The SMILES string of the molecule is CCC(=O)NCC[C@H](NC(=O)[C@@H](C)CC(C)=O)C(C)=O. The number of nitrogens with one attached hydrogen (secondary N) is 2. The van der Waals surface area contributed by atoms with Crippen LogP contribution in [0.1, 0.15) is 47.0 Å². The number of amides is 2. The molecule has 0 saturated carbocycles. The van der Waals surface area contributed by atoms with Crippen molar-refractivity contribution in [3.63, 3.8) is 0 Å². The molecule has 6 heteroatoms. The van der Waals surface area contributed by atoms with Crippen molar-refractivity contribution in [2.45, 2.75) is 53.0 Å². The monoisotopic (exact) mass is 284 g/mol. The highest BCUT2D eigenvalue weighted by atomic mass is 16.2. The van der Waals surface area contributed by atoms with Gasteiger partial charge in [0.25, 0.3) is 0 Å². The van der Waals surface area contributed by atoms with Crippen LogP contribution in [0.5, 0.6) is 0 Å². The Morgan fingerprint density at radius 3 is 2.15 bits per heavy atom. The van der Waals surface area contributed by atoms with Gasteiger partial charge >= 0.3 is 0 Å². The predicted molar refractivity (Wildman–Crippen MR) is 75.0 cm³/mol. The molecule has 2 N–H and O–H groups in total. The number of hydrogen-bond donors (Lipinski definition) is 2. The van der Waals surface area contributed by atoms with Gasteiger partial charge < -0.3 is 15.4 Å². The van der Waals surface area contributed by atoms with Crippen LogP contribution >= 0.6 is 0 Å². The smallest absolute Gasteiger partial charge is 0.223 e. The van der Waals surface area contributed by atoms with E-state index in [9.17, 15) is 19.2 Å². The van der Waals surface area contributed by atoms with Crippen LogP contribution in [-0.2, 0) is 19.2 Å². The zero-order valence-electron chi connectivity index (χ0n) is 12.6. The van der Waals surface area contributed by atoms with Gasteiger partial charge in [-0.15, -0.1) is 0 Å². The van der Waals surface area contributed by atoms with Crippen molar-refractivity contribution in [3.05, 3.63) is 0 Å². The fourth-order valence-corrected chi connectivity index (χ4v) is 1.70. The van der Waals surface area contributed by atoms with Gasteiger partial charge in [-0.05, 0) is 20.3 Å². The molecule has 2 atom stereocenters. The molecule has 20 heavy (non-hydrogen) atoms. The van der Waals surface area contributed by atoms with E-state index in [2.05, 4.69) is 10.6 Å². The predicted octanol–water partition coefficient (Wildman–Crippen LogP) is 0.592. The lowest BCUT2D eigenvalue weighted by atomic mass is 10.0. The molecule has 0 rings (SSSR count). The molecule has 0 bridgehead atoms.